The molecule has 0 aliphatic rings. The SMILES string of the molecule is CCOP(=O)(CCOCCOCc1cn(Cc2cc(C)cc(C)c2)nn1)OCC.CCOP(=O)(F)CCOCCOCc1cn(Cc2cc(C)cc(C)c2)nn1. The third-order valence-electron chi connectivity index (χ3n) is 7.65. The number of aromatic nitrogens is 6. The first-order valence-corrected chi connectivity index (χ1v) is 22.3. The van der Waals surface area contributed by atoms with Gasteiger partial charge in [-0.25, -0.2) is 9.36 Å². The van der Waals surface area contributed by atoms with Gasteiger partial charge in [-0.2, -0.15) is 4.20 Å². The fourth-order valence-electron chi connectivity index (χ4n) is 5.62. The highest BCUT2D eigenvalue weighted by Gasteiger charge is 2.23. The van der Waals surface area contributed by atoms with Gasteiger partial charge in [-0.3, -0.25) is 9.13 Å². The van der Waals surface area contributed by atoms with Crippen LogP contribution in [0.2, 0.25) is 0 Å². The standard InChI is InChI=1S/C20H32N3O5P.C18H27FN3O4P/c1-5-27-29(24,28-6-2)10-9-25-7-8-26-16-20-15-23(22-21-20)14-19-12-17(3)11-18(4)13-19;1-4-26-27(19,23)8-7-24-5-6-25-14-18-13-22(21-20-18)12-17-10-15(2)9-16(3)11-17/h11-13,15H,5-10,14,16H2,1-4H3;9-11,13H,4-8,12,14H2,1-3H3. The third kappa shape index (κ3) is 19.3. The number of ether oxygens (including phenoxy) is 4. The molecule has 18 heteroatoms. The minimum Gasteiger partial charge on any atom is -0.378 e. The Labute approximate surface area is 330 Å². The molecule has 1 atom stereocenters. The van der Waals surface area contributed by atoms with Gasteiger partial charge in [-0.15, -0.1) is 10.2 Å². The van der Waals surface area contributed by atoms with Gasteiger partial charge >= 0.3 is 15.3 Å². The first-order valence-electron chi connectivity index (χ1n) is 18.9. The van der Waals surface area contributed by atoms with E-state index in [-0.39, 0.29) is 32.1 Å². The number of hydrogen-bond donors (Lipinski definition) is 0. The monoisotopic (exact) mass is 824 g/mol. The van der Waals surface area contributed by atoms with Crippen molar-refractivity contribution in [2.24, 2.45) is 0 Å². The van der Waals surface area contributed by atoms with E-state index in [0.29, 0.717) is 65.9 Å². The number of halogens is 1. The van der Waals surface area contributed by atoms with Crippen molar-refractivity contribution in [2.45, 2.75) is 74.8 Å². The summed E-state index contributed by atoms with van der Waals surface area (Å²) < 4.78 is 77.1. The van der Waals surface area contributed by atoms with Crippen LogP contribution in [0, 0.1) is 27.7 Å². The summed E-state index contributed by atoms with van der Waals surface area (Å²) in [6.45, 7) is 18.1. The second kappa shape index (κ2) is 25.2. The molecule has 0 fully saturated rings. The van der Waals surface area contributed by atoms with E-state index in [1.165, 1.54) is 33.4 Å². The average molecular weight is 825 g/mol. The highest BCUT2D eigenvalue weighted by Crippen LogP contribution is 2.48. The van der Waals surface area contributed by atoms with Gasteiger partial charge in [0.15, 0.2) is 0 Å². The van der Waals surface area contributed by atoms with Gasteiger partial charge in [0, 0.05) is 0 Å². The van der Waals surface area contributed by atoms with E-state index in [4.69, 9.17) is 28.0 Å². The molecule has 0 N–H and O–H groups in total. The molecule has 0 aliphatic carbocycles. The van der Waals surface area contributed by atoms with E-state index < -0.39 is 15.3 Å². The maximum Gasteiger partial charge on any atom is 0.369 e. The summed E-state index contributed by atoms with van der Waals surface area (Å²) >= 11 is 0. The molecule has 0 saturated carbocycles. The van der Waals surface area contributed by atoms with Crippen molar-refractivity contribution in [3.05, 3.63) is 93.6 Å². The third-order valence-corrected chi connectivity index (χ3v) is 11.0. The highest BCUT2D eigenvalue weighted by molar-refractivity contribution is 7.54. The van der Waals surface area contributed by atoms with Crippen LogP contribution in [0.3, 0.4) is 0 Å². The Morgan fingerprint density at radius 2 is 0.946 bits per heavy atom. The van der Waals surface area contributed by atoms with Crippen LogP contribution in [-0.2, 0) is 68.0 Å². The zero-order chi connectivity index (χ0) is 40.8. The Morgan fingerprint density at radius 1 is 0.554 bits per heavy atom. The topological polar surface area (TPSA) is 160 Å². The van der Waals surface area contributed by atoms with Crippen molar-refractivity contribution in [2.75, 3.05) is 71.8 Å². The zero-order valence-corrected chi connectivity index (χ0v) is 35.6. The first-order chi connectivity index (χ1) is 26.8. The highest BCUT2D eigenvalue weighted by atomic mass is 31.2. The van der Waals surface area contributed by atoms with Crippen LogP contribution in [-0.4, -0.2) is 102 Å². The van der Waals surface area contributed by atoms with Crippen LogP contribution in [0.4, 0.5) is 4.20 Å². The van der Waals surface area contributed by atoms with Gasteiger partial charge in [0.05, 0.1) is 110 Å². The number of benzene rings is 2. The Balaban J connectivity index is 0.000000301. The smallest absolute Gasteiger partial charge is 0.369 e. The average Bonchev–Trinajstić information content (AvgIpc) is 3.76. The zero-order valence-electron chi connectivity index (χ0n) is 33.9. The lowest BCUT2D eigenvalue weighted by molar-refractivity contribution is 0.0431. The van der Waals surface area contributed by atoms with Gasteiger partial charge in [0.2, 0.25) is 0 Å². The summed E-state index contributed by atoms with van der Waals surface area (Å²) in [5.41, 5.74) is 8.79. The van der Waals surface area contributed by atoms with Gasteiger partial charge in [-0.05, 0) is 59.6 Å². The summed E-state index contributed by atoms with van der Waals surface area (Å²) in [5.74, 6) is 0. The van der Waals surface area contributed by atoms with E-state index >= 15 is 0 Å². The molecular weight excluding hydrogens is 765 g/mol. The molecule has 2 heterocycles. The summed E-state index contributed by atoms with van der Waals surface area (Å²) in [6, 6.07) is 12.8. The molecule has 0 spiro atoms. The van der Waals surface area contributed by atoms with Crippen molar-refractivity contribution in [1.29, 1.82) is 0 Å². The predicted molar refractivity (Wildman–Crippen MR) is 212 cm³/mol. The molecule has 0 amide bonds. The molecule has 15 nitrogen and oxygen atoms in total. The molecule has 56 heavy (non-hydrogen) atoms. The predicted octanol–water partition coefficient (Wildman–Crippen LogP) is 7.42. The maximum atomic E-state index is 13.3. The Bertz CT molecular complexity index is 1780. The lowest BCUT2D eigenvalue weighted by atomic mass is 10.1. The van der Waals surface area contributed by atoms with Crippen LogP contribution in [0.1, 0.15) is 65.5 Å². The lowest BCUT2D eigenvalue weighted by Crippen LogP contribution is -2.10. The molecule has 312 valence electrons. The van der Waals surface area contributed by atoms with Crippen molar-refractivity contribution in [3.8, 4) is 0 Å². The Morgan fingerprint density at radius 3 is 1.36 bits per heavy atom. The molecule has 1 unspecified atom stereocenters. The van der Waals surface area contributed by atoms with E-state index in [1.54, 1.807) is 25.5 Å². The molecule has 0 aliphatic heterocycles. The van der Waals surface area contributed by atoms with Crippen LogP contribution < -0.4 is 0 Å². The van der Waals surface area contributed by atoms with Crippen molar-refractivity contribution >= 4 is 15.3 Å². The summed E-state index contributed by atoms with van der Waals surface area (Å²) in [6.07, 6.45) is 3.73. The van der Waals surface area contributed by atoms with E-state index in [2.05, 4.69) is 89.2 Å². The number of hydrogen-bond acceptors (Lipinski definition) is 13. The number of rotatable bonds is 26. The molecule has 0 radical (unpaired) electrons. The van der Waals surface area contributed by atoms with Gasteiger partial charge in [0.25, 0.3) is 0 Å². The van der Waals surface area contributed by atoms with E-state index in [9.17, 15) is 13.3 Å². The molecular formula is C38H59FN6O9P2. The number of nitrogens with zero attached hydrogens (tertiary/aromatic N) is 6. The van der Waals surface area contributed by atoms with Crippen LogP contribution >= 0.6 is 15.3 Å². The second-order valence-corrected chi connectivity index (χ2v) is 17.1. The summed E-state index contributed by atoms with van der Waals surface area (Å²) in [5, 5.41) is 16.5. The van der Waals surface area contributed by atoms with Crippen molar-refractivity contribution in [3.63, 3.8) is 0 Å². The summed E-state index contributed by atoms with van der Waals surface area (Å²) in [4.78, 5) is 0. The fourth-order valence-corrected chi connectivity index (χ4v) is 7.95. The van der Waals surface area contributed by atoms with Crippen LogP contribution in [0.5, 0.6) is 0 Å². The van der Waals surface area contributed by atoms with Crippen molar-refractivity contribution < 1.29 is 45.8 Å². The lowest BCUT2D eigenvalue weighted by Gasteiger charge is -2.16. The van der Waals surface area contributed by atoms with Gasteiger partial charge in [0.1, 0.15) is 11.4 Å². The molecule has 2 aromatic carbocycles. The fraction of sp³-hybridized carbons (Fsp3) is 0.579. The van der Waals surface area contributed by atoms with E-state index in [0.717, 1.165) is 11.4 Å². The minimum atomic E-state index is -4.02. The van der Waals surface area contributed by atoms with Crippen LogP contribution in [0.25, 0.3) is 0 Å². The van der Waals surface area contributed by atoms with E-state index in [1.807, 2.05) is 17.1 Å². The first kappa shape index (κ1) is 47.2. The molecule has 0 saturated heterocycles. The van der Waals surface area contributed by atoms with Gasteiger partial charge < -0.3 is 32.5 Å². The molecule has 2 aromatic heterocycles. The van der Waals surface area contributed by atoms with Crippen LogP contribution in [0.15, 0.2) is 48.8 Å². The summed E-state index contributed by atoms with van der Waals surface area (Å²) in [7, 11) is -7.06. The van der Waals surface area contributed by atoms with Gasteiger partial charge in [-0.1, -0.05) is 69.1 Å². The maximum absolute atomic E-state index is 13.3. The molecule has 4 rings (SSSR count). The second-order valence-electron chi connectivity index (χ2n) is 13.0. The van der Waals surface area contributed by atoms with Crippen molar-refractivity contribution in [1.82, 2.24) is 30.0 Å². The minimum absolute atomic E-state index is 0.0310. The quantitative estimate of drug-likeness (QED) is 0.0455. The Kier molecular flexibility index (Phi) is 21.3. The largest absolute Gasteiger partial charge is 0.378 e. The Hall–Kier alpha value is -3.17. The normalized spacial score (nSPS) is 12.7. The number of aryl methyl sites for hydroxylation is 4. The molecule has 4 aromatic rings. The molecule has 0 bridgehead atoms.